The third kappa shape index (κ3) is 3.28. The van der Waals surface area contributed by atoms with Gasteiger partial charge in [-0.15, -0.1) is 0 Å². The van der Waals surface area contributed by atoms with Crippen LogP contribution in [0.2, 0.25) is 0 Å². The van der Waals surface area contributed by atoms with Gasteiger partial charge in [-0.25, -0.2) is 13.6 Å². The summed E-state index contributed by atoms with van der Waals surface area (Å²) in [5, 5.41) is 3.04. The van der Waals surface area contributed by atoms with Crippen LogP contribution in [-0.4, -0.2) is 19.6 Å². The topological polar surface area (TPSA) is 51.5 Å². The molecule has 0 bridgehead atoms. The van der Waals surface area contributed by atoms with E-state index >= 15 is 0 Å². The molecule has 1 aromatic carbocycles. The van der Waals surface area contributed by atoms with Gasteiger partial charge in [-0.1, -0.05) is 13.0 Å². The van der Waals surface area contributed by atoms with Crippen LogP contribution in [0.1, 0.15) is 34.8 Å². The van der Waals surface area contributed by atoms with Gasteiger partial charge in [0.1, 0.15) is 17.4 Å². The van der Waals surface area contributed by atoms with Gasteiger partial charge in [0, 0.05) is 11.6 Å². The number of carbonyl (C=O) groups excluding carboxylic acids is 1. The molecule has 1 atom stereocenters. The second-order valence-electron chi connectivity index (χ2n) is 4.35. The fourth-order valence-corrected chi connectivity index (χ4v) is 2.02. The summed E-state index contributed by atoms with van der Waals surface area (Å²) in [6.07, 6.45) is 0. The van der Waals surface area contributed by atoms with E-state index in [1.807, 2.05) is 6.92 Å². The first-order valence-corrected chi connectivity index (χ1v) is 6.43. The van der Waals surface area contributed by atoms with Crippen LogP contribution in [0.15, 0.2) is 34.7 Å². The van der Waals surface area contributed by atoms with Gasteiger partial charge in [-0.2, -0.15) is 0 Å². The minimum absolute atomic E-state index is 0.0259. The molecule has 0 radical (unpaired) electrons. The number of rotatable bonds is 5. The van der Waals surface area contributed by atoms with Crippen LogP contribution in [0.4, 0.5) is 8.78 Å². The Morgan fingerprint density at radius 2 is 2.10 bits per heavy atom. The Hall–Kier alpha value is -2.21. The lowest BCUT2D eigenvalue weighted by atomic mass is 10.0. The van der Waals surface area contributed by atoms with Crippen LogP contribution in [0, 0.1) is 11.6 Å². The van der Waals surface area contributed by atoms with Gasteiger partial charge in [0.15, 0.2) is 0 Å². The Balaban J connectivity index is 2.38. The molecular weight excluding hydrogens is 280 g/mol. The lowest BCUT2D eigenvalue weighted by Crippen LogP contribution is -2.22. The summed E-state index contributed by atoms with van der Waals surface area (Å²) in [5.41, 5.74) is 0.240. The summed E-state index contributed by atoms with van der Waals surface area (Å²) in [7, 11) is 1.24. The summed E-state index contributed by atoms with van der Waals surface area (Å²) in [6, 6.07) is 5.72. The van der Waals surface area contributed by atoms with Crippen LogP contribution < -0.4 is 5.32 Å². The second-order valence-corrected chi connectivity index (χ2v) is 4.35. The van der Waals surface area contributed by atoms with Crippen molar-refractivity contribution >= 4 is 5.97 Å². The van der Waals surface area contributed by atoms with Gasteiger partial charge in [-0.3, -0.25) is 0 Å². The Labute approximate surface area is 120 Å². The lowest BCUT2D eigenvalue weighted by Gasteiger charge is -2.16. The molecule has 112 valence electrons. The normalized spacial score (nSPS) is 12.2. The number of ether oxygens (including phenoxy) is 1. The third-order valence-electron chi connectivity index (χ3n) is 2.98. The van der Waals surface area contributed by atoms with E-state index in [-0.39, 0.29) is 11.3 Å². The standard InChI is InChI=1S/C15H15F2NO3/c1-3-18-14(10-5-4-9(16)8-11(10)17)12-6-7-13(21-12)15(19)20-2/h4-8,14,18H,3H2,1-2H3. The minimum atomic E-state index is -0.683. The molecule has 6 heteroatoms. The monoisotopic (exact) mass is 295 g/mol. The van der Waals surface area contributed by atoms with E-state index in [1.54, 1.807) is 6.07 Å². The molecule has 0 spiro atoms. The van der Waals surface area contributed by atoms with Crippen molar-refractivity contribution in [3.05, 3.63) is 59.1 Å². The molecule has 4 nitrogen and oxygen atoms in total. The Morgan fingerprint density at radius 1 is 1.33 bits per heavy atom. The van der Waals surface area contributed by atoms with Crippen molar-refractivity contribution in [1.29, 1.82) is 0 Å². The van der Waals surface area contributed by atoms with Crippen molar-refractivity contribution in [3.63, 3.8) is 0 Å². The first kappa shape index (κ1) is 15.2. The predicted octanol–water partition coefficient (Wildman–Crippen LogP) is 3.04. The van der Waals surface area contributed by atoms with Crippen molar-refractivity contribution in [2.75, 3.05) is 13.7 Å². The second kappa shape index (κ2) is 6.49. The van der Waals surface area contributed by atoms with E-state index < -0.39 is 23.6 Å². The minimum Gasteiger partial charge on any atom is -0.463 e. The van der Waals surface area contributed by atoms with Crippen LogP contribution >= 0.6 is 0 Å². The molecule has 0 aliphatic rings. The van der Waals surface area contributed by atoms with E-state index in [0.29, 0.717) is 12.3 Å². The van der Waals surface area contributed by atoms with Crippen molar-refractivity contribution < 1.29 is 22.7 Å². The number of benzene rings is 1. The smallest absolute Gasteiger partial charge is 0.373 e. The molecular formula is C15H15F2NO3. The first-order chi connectivity index (χ1) is 10.1. The molecule has 1 unspecified atom stereocenters. The van der Waals surface area contributed by atoms with E-state index in [2.05, 4.69) is 10.1 Å². The molecule has 21 heavy (non-hydrogen) atoms. The number of hydrogen-bond donors (Lipinski definition) is 1. The van der Waals surface area contributed by atoms with Gasteiger partial charge < -0.3 is 14.5 Å². The van der Waals surface area contributed by atoms with Crippen molar-refractivity contribution in [2.45, 2.75) is 13.0 Å². The largest absolute Gasteiger partial charge is 0.463 e. The highest BCUT2D eigenvalue weighted by Gasteiger charge is 2.22. The highest BCUT2D eigenvalue weighted by molar-refractivity contribution is 5.86. The maximum Gasteiger partial charge on any atom is 0.373 e. The van der Waals surface area contributed by atoms with E-state index in [1.165, 1.54) is 25.3 Å². The molecule has 1 aromatic heterocycles. The molecule has 0 amide bonds. The fourth-order valence-electron chi connectivity index (χ4n) is 2.02. The van der Waals surface area contributed by atoms with Crippen molar-refractivity contribution in [3.8, 4) is 0 Å². The number of nitrogens with one attached hydrogen (secondary N) is 1. The summed E-state index contributed by atoms with van der Waals surface area (Å²) in [4.78, 5) is 11.4. The number of hydrogen-bond acceptors (Lipinski definition) is 4. The average Bonchev–Trinajstić information content (AvgIpc) is 2.94. The molecule has 0 aliphatic carbocycles. The maximum absolute atomic E-state index is 13.9. The van der Waals surface area contributed by atoms with E-state index in [9.17, 15) is 13.6 Å². The SMILES string of the molecule is CCNC(c1ccc(C(=O)OC)o1)c1ccc(F)cc1F. The van der Waals surface area contributed by atoms with Crippen molar-refractivity contribution in [2.24, 2.45) is 0 Å². The molecule has 2 rings (SSSR count). The highest BCUT2D eigenvalue weighted by atomic mass is 19.1. The zero-order valence-electron chi connectivity index (χ0n) is 11.7. The molecule has 0 saturated heterocycles. The summed E-state index contributed by atoms with van der Waals surface area (Å²) >= 11 is 0. The molecule has 1 N–H and O–H groups in total. The van der Waals surface area contributed by atoms with Gasteiger partial charge in [-0.05, 0) is 24.7 Å². The summed E-state index contributed by atoms with van der Waals surface area (Å²) < 4.78 is 36.9. The number of furan rings is 1. The van der Waals surface area contributed by atoms with E-state index in [4.69, 9.17) is 4.42 Å². The number of esters is 1. The summed E-state index contributed by atoms with van der Waals surface area (Å²) in [5.74, 6) is -1.57. The maximum atomic E-state index is 13.9. The predicted molar refractivity (Wildman–Crippen MR) is 71.9 cm³/mol. The lowest BCUT2D eigenvalue weighted by molar-refractivity contribution is 0.0562. The average molecular weight is 295 g/mol. The molecule has 0 fully saturated rings. The Morgan fingerprint density at radius 3 is 2.71 bits per heavy atom. The number of halogens is 2. The first-order valence-electron chi connectivity index (χ1n) is 6.43. The van der Waals surface area contributed by atoms with Gasteiger partial charge in [0.25, 0.3) is 0 Å². The summed E-state index contributed by atoms with van der Waals surface area (Å²) in [6.45, 7) is 2.38. The van der Waals surface area contributed by atoms with Crippen LogP contribution in [0.5, 0.6) is 0 Å². The zero-order valence-corrected chi connectivity index (χ0v) is 11.7. The van der Waals surface area contributed by atoms with Crippen LogP contribution in [0.25, 0.3) is 0 Å². The highest BCUT2D eigenvalue weighted by Crippen LogP contribution is 2.26. The number of carbonyl (C=O) groups is 1. The van der Waals surface area contributed by atoms with Gasteiger partial charge in [0.2, 0.25) is 5.76 Å². The van der Waals surface area contributed by atoms with Gasteiger partial charge >= 0.3 is 5.97 Å². The third-order valence-corrected chi connectivity index (χ3v) is 2.98. The zero-order chi connectivity index (χ0) is 15.4. The molecule has 0 aliphatic heterocycles. The fraction of sp³-hybridized carbons (Fsp3) is 0.267. The Bertz CT molecular complexity index is 640. The van der Waals surface area contributed by atoms with Crippen molar-refractivity contribution in [1.82, 2.24) is 5.32 Å². The Kier molecular flexibility index (Phi) is 4.70. The number of methoxy groups -OCH3 is 1. The van der Waals surface area contributed by atoms with Crippen LogP contribution in [-0.2, 0) is 4.74 Å². The van der Waals surface area contributed by atoms with Crippen LogP contribution in [0.3, 0.4) is 0 Å². The molecule has 1 heterocycles. The molecule has 2 aromatic rings. The van der Waals surface area contributed by atoms with E-state index in [0.717, 1.165) is 6.07 Å². The van der Waals surface area contributed by atoms with Gasteiger partial charge in [0.05, 0.1) is 13.2 Å². The molecule has 0 saturated carbocycles. The quantitative estimate of drug-likeness (QED) is 0.861.